The topological polar surface area (TPSA) is 73.4 Å². The van der Waals surface area contributed by atoms with Gasteiger partial charge in [0.2, 0.25) is 0 Å². The SMILES string of the molecule is Cc1cccc(N2C(=O)C(=O)/C(=C(\O)c3c[nH]c4ccccc34)C2c2cccs2)c1. The molecular formula is C24H18N2O3S. The highest BCUT2D eigenvalue weighted by Crippen LogP contribution is 2.44. The summed E-state index contributed by atoms with van der Waals surface area (Å²) in [7, 11) is 0. The van der Waals surface area contributed by atoms with Crippen LogP contribution in [0.3, 0.4) is 0 Å². The predicted octanol–water partition coefficient (Wildman–Crippen LogP) is 5.16. The van der Waals surface area contributed by atoms with E-state index in [0.29, 0.717) is 11.3 Å². The van der Waals surface area contributed by atoms with Crippen molar-refractivity contribution in [3.63, 3.8) is 0 Å². The van der Waals surface area contributed by atoms with Crippen molar-refractivity contribution in [3.8, 4) is 0 Å². The molecule has 1 aliphatic heterocycles. The summed E-state index contributed by atoms with van der Waals surface area (Å²) in [5, 5.41) is 13.9. The summed E-state index contributed by atoms with van der Waals surface area (Å²) >= 11 is 1.45. The second-order valence-electron chi connectivity index (χ2n) is 7.27. The van der Waals surface area contributed by atoms with Crippen LogP contribution in [0.2, 0.25) is 0 Å². The lowest BCUT2D eigenvalue weighted by Crippen LogP contribution is -2.29. The highest BCUT2D eigenvalue weighted by molar-refractivity contribution is 7.10. The number of rotatable bonds is 3. The molecule has 1 saturated heterocycles. The molecule has 1 fully saturated rings. The lowest BCUT2D eigenvalue weighted by atomic mass is 9.99. The molecule has 0 aliphatic carbocycles. The number of fused-ring (bicyclic) bond motifs is 1. The minimum absolute atomic E-state index is 0.105. The van der Waals surface area contributed by atoms with Gasteiger partial charge in [0.15, 0.2) is 0 Å². The Hall–Kier alpha value is -3.64. The van der Waals surface area contributed by atoms with E-state index in [1.807, 2.05) is 73.0 Å². The second-order valence-corrected chi connectivity index (χ2v) is 8.25. The van der Waals surface area contributed by atoms with E-state index >= 15 is 0 Å². The number of aromatic nitrogens is 1. The van der Waals surface area contributed by atoms with Crippen LogP contribution < -0.4 is 4.90 Å². The average molecular weight is 414 g/mol. The third kappa shape index (κ3) is 2.76. The van der Waals surface area contributed by atoms with Gasteiger partial charge in [0.05, 0.1) is 5.57 Å². The molecule has 1 aliphatic rings. The summed E-state index contributed by atoms with van der Waals surface area (Å²) in [6.07, 6.45) is 1.67. The largest absolute Gasteiger partial charge is 0.507 e. The number of hydrogen-bond acceptors (Lipinski definition) is 4. The van der Waals surface area contributed by atoms with E-state index in [1.165, 1.54) is 16.2 Å². The highest BCUT2D eigenvalue weighted by atomic mass is 32.1. The van der Waals surface area contributed by atoms with E-state index in [4.69, 9.17) is 0 Å². The molecule has 5 nitrogen and oxygen atoms in total. The number of ketones is 1. The zero-order chi connectivity index (χ0) is 20.8. The molecule has 6 heteroatoms. The minimum Gasteiger partial charge on any atom is -0.507 e. The number of aryl methyl sites for hydroxylation is 1. The first-order valence-corrected chi connectivity index (χ1v) is 10.4. The summed E-state index contributed by atoms with van der Waals surface area (Å²) < 4.78 is 0. The van der Waals surface area contributed by atoms with Gasteiger partial charge in [-0.3, -0.25) is 14.5 Å². The molecule has 0 spiro atoms. The number of H-pyrrole nitrogens is 1. The van der Waals surface area contributed by atoms with Crippen LogP contribution in [0.4, 0.5) is 5.69 Å². The number of para-hydroxylation sites is 1. The zero-order valence-corrected chi connectivity index (χ0v) is 16.9. The Bertz CT molecular complexity index is 1320. The molecule has 2 N–H and O–H groups in total. The summed E-state index contributed by atoms with van der Waals surface area (Å²) in [5.74, 6) is -1.49. The first-order valence-electron chi connectivity index (χ1n) is 9.54. The first-order chi connectivity index (χ1) is 14.6. The standard InChI is InChI=1S/C24H18N2O3S/c1-14-6-4-7-15(12-14)26-21(19-10-5-11-30-19)20(23(28)24(26)29)22(27)17-13-25-18-9-3-2-8-16(17)18/h2-13,21,25,27H,1H3/b22-20-. The number of nitrogens with zero attached hydrogens (tertiary/aromatic N) is 1. The number of benzene rings is 2. The summed E-state index contributed by atoms with van der Waals surface area (Å²) in [6.45, 7) is 1.94. The summed E-state index contributed by atoms with van der Waals surface area (Å²) in [4.78, 5) is 31.7. The molecule has 148 valence electrons. The van der Waals surface area contributed by atoms with Crippen molar-refractivity contribution in [1.82, 2.24) is 4.98 Å². The van der Waals surface area contributed by atoms with Gasteiger partial charge in [-0.25, -0.2) is 0 Å². The molecule has 1 unspecified atom stereocenters. The lowest BCUT2D eigenvalue weighted by molar-refractivity contribution is -0.132. The van der Waals surface area contributed by atoms with Crippen molar-refractivity contribution in [2.24, 2.45) is 0 Å². The zero-order valence-electron chi connectivity index (χ0n) is 16.1. The third-order valence-electron chi connectivity index (χ3n) is 5.38. The fourth-order valence-corrected chi connectivity index (χ4v) is 4.83. The van der Waals surface area contributed by atoms with Gasteiger partial charge >= 0.3 is 0 Å². The molecule has 0 bridgehead atoms. The molecular weight excluding hydrogens is 396 g/mol. The molecule has 5 rings (SSSR count). The van der Waals surface area contributed by atoms with Crippen molar-refractivity contribution in [3.05, 3.63) is 93.8 Å². The van der Waals surface area contributed by atoms with Crippen LogP contribution in [0.15, 0.2) is 77.8 Å². The number of anilines is 1. The normalized spacial score (nSPS) is 18.4. The monoisotopic (exact) mass is 414 g/mol. The number of thiophene rings is 1. The van der Waals surface area contributed by atoms with Crippen molar-refractivity contribution in [2.45, 2.75) is 13.0 Å². The number of nitrogens with one attached hydrogen (secondary N) is 1. The van der Waals surface area contributed by atoms with Crippen molar-refractivity contribution >= 4 is 45.4 Å². The van der Waals surface area contributed by atoms with E-state index in [-0.39, 0.29) is 11.3 Å². The van der Waals surface area contributed by atoms with Crippen molar-refractivity contribution < 1.29 is 14.7 Å². The van der Waals surface area contributed by atoms with Crippen LogP contribution in [-0.4, -0.2) is 21.8 Å². The van der Waals surface area contributed by atoms with Crippen molar-refractivity contribution in [1.29, 1.82) is 0 Å². The van der Waals surface area contributed by atoms with Crippen LogP contribution in [-0.2, 0) is 9.59 Å². The van der Waals surface area contributed by atoms with Crippen LogP contribution in [0, 0.1) is 6.92 Å². The molecule has 4 aromatic rings. The number of aromatic amines is 1. The quantitative estimate of drug-likeness (QED) is 0.276. The molecule has 30 heavy (non-hydrogen) atoms. The predicted molar refractivity (Wildman–Crippen MR) is 119 cm³/mol. The van der Waals surface area contributed by atoms with Gasteiger partial charge in [0.1, 0.15) is 11.8 Å². The Balaban J connectivity index is 1.75. The number of hydrogen-bond donors (Lipinski definition) is 2. The van der Waals surface area contributed by atoms with Crippen LogP contribution >= 0.6 is 11.3 Å². The molecule has 0 saturated carbocycles. The number of Topliss-reactive ketones (excluding diaryl/α,β-unsaturated/α-hetero) is 1. The van der Waals surface area contributed by atoms with Crippen molar-refractivity contribution in [2.75, 3.05) is 4.90 Å². The Morgan fingerprint density at radius 2 is 1.90 bits per heavy atom. The van der Waals surface area contributed by atoms with Gasteiger partial charge in [-0.2, -0.15) is 0 Å². The van der Waals surface area contributed by atoms with E-state index in [0.717, 1.165) is 21.3 Å². The second kappa shape index (κ2) is 7.00. The number of carbonyl (C=O) groups excluding carboxylic acids is 2. The highest BCUT2D eigenvalue weighted by Gasteiger charge is 2.47. The fraction of sp³-hybridized carbons (Fsp3) is 0.0833. The van der Waals surface area contributed by atoms with Gasteiger partial charge in [-0.05, 0) is 42.1 Å². The molecule has 1 atom stereocenters. The van der Waals surface area contributed by atoms with Gasteiger partial charge in [0, 0.05) is 33.2 Å². The molecule has 3 heterocycles. The maximum absolute atomic E-state index is 13.1. The Labute approximate surface area is 176 Å². The fourth-order valence-electron chi connectivity index (χ4n) is 4.01. The number of aliphatic hydroxyl groups is 1. The number of aliphatic hydroxyl groups excluding tert-OH is 1. The van der Waals surface area contributed by atoms with Gasteiger partial charge in [-0.15, -0.1) is 11.3 Å². The lowest BCUT2D eigenvalue weighted by Gasteiger charge is -2.24. The van der Waals surface area contributed by atoms with E-state index < -0.39 is 17.7 Å². The summed E-state index contributed by atoms with van der Waals surface area (Å²) in [6, 6.07) is 18.1. The molecule has 2 aromatic heterocycles. The van der Waals surface area contributed by atoms with Gasteiger partial charge < -0.3 is 10.1 Å². The Kier molecular flexibility index (Phi) is 4.29. The number of carbonyl (C=O) groups is 2. The van der Waals surface area contributed by atoms with Gasteiger partial charge in [-0.1, -0.05) is 36.4 Å². The smallest absolute Gasteiger partial charge is 0.300 e. The third-order valence-corrected chi connectivity index (χ3v) is 6.31. The van der Waals surface area contributed by atoms with Crippen LogP contribution in [0.1, 0.15) is 22.0 Å². The maximum atomic E-state index is 13.1. The number of amides is 1. The first kappa shape index (κ1) is 18.4. The summed E-state index contributed by atoms with van der Waals surface area (Å²) in [5.41, 5.74) is 3.08. The molecule has 1 amide bonds. The molecule has 2 aromatic carbocycles. The molecule has 0 radical (unpaired) electrons. The minimum atomic E-state index is -0.683. The Morgan fingerprint density at radius 1 is 1.07 bits per heavy atom. The van der Waals surface area contributed by atoms with E-state index in [2.05, 4.69) is 4.98 Å². The average Bonchev–Trinajstić information content (AvgIpc) is 3.47. The van der Waals surface area contributed by atoms with E-state index in [1.54, 1.807) is 6.20 Å². The van der Waals surface area contributed by atoms with E-state index in [9.17, 15) is 14.7 Å². The maximum Gasteiger partial charge on any atom is 0.300 e. The Morgan fingerprint density at radius 3 is 2.67 bits per heavy atom. The van der Waals surface area contributed by atoms with Crippen LogP contribution in [0.25, 0.3) is 16.7 Å². The van der Waals surface area contributed by atoms with Gasteiger partial charge in [0.25, 0.3) is 11.7 Å². The van der Waals surface area contributed by atoms with Crippen LogP contribution in [0.5, 0.6) is 0 Å².